The molecule has 0 radical (unpaired) electrons. The second-order valence-electron chi connectivity index (χ2n) is 5.59. The largest absolute Gasteiger partial charge is 0.241 e. The van der Waals surface area contributed by atoms with E-state index in [4.69, 9.17) is 11.6 Å². The van der Waals surface area contributed by atoms with E-state index in [0.717, 1.165) is 0 Å². The number of nitrogens with one attached hydrogen (secondary N) is 1. The van der Waals surface area contributed by atoms with Crippen LogP contribution in [0.2, 0.25) is 5.02 Å². The van der Waals surface area contributed by atoms with Crippen molar-refractivity contribution in [1.29, 1.82) is 0 Å². The highest BCUT2D eigenvalue weighted by atomic mass is 35.5. The van der Waals surface area contributed by atoms with Gasteiger partial charge in [0.15, 0.2) is 0 Å². The summed E-state index contributed by atoms with van der Waals surface area (Å²) in [7, 11) is -3.74. The zero-order chi connectivity index (χ0) is 18.7. The summed E-state index contributed by atoms with van der Waals surface area (Å²) in [5.41, 5.74) is 2.26. The van der Waals surface area contributed by atoms with Gasteiger partial charge in [-0.3, -0.25) is 0 Å². The third-order valence-electron chi connectivity index (χ3n) is 3.81. The first kappa shape index (κ1) is 18.4. The van der Waals surface area contributed by atoms with E-state index < -0.39 is 10.0 Å². The molecule has 0 aliphatic rings. The minimum absolute atomic E-state index is 0.00893. The van der Waals surface area contributed by atoms with Crippen molar-refractivity contribution in [3.8, 4) is 11.3 Å². The molecule has 0 saturated heterocycles. The Morgan fingerprint density at radius 2 is 1.85 bits per heavy atom. The van der Waals surface area contributed by atoms with Crippen molar-refractivity contribution in [2.45, 2.75) is 18.4 Å². The third kappa shape index (κ3) is 4.07. The Morgan fingerprint density at radius 3 is 2.58 bits per heavy atom. The van der Waals surface area contributed by atoms with E-state index in [0.29, 0.717) is 27.5 Å². The molecule has 5 nitrogen and oxygen atoms in total. The monoisotopic (exact) mass is 391 g/mol. The lowest BCUT2D eigenvalue weighted by Crippen LogP contribution is -2.24. The molecule has 1 N–H and O–H groups in total. The first-order chi connectivity index (χ1) is 12.4. The Morgan fingerprint density at radius 1 is 1.12 bits per heavy atom. The standard InChI is InChI=1S/C18H15ClFN3O2S/c1-12-16(19)3-2-4-18(12)26(24,25)23-10-15-9-17(22-11-21-15)13-5-7-14(20)8-6-13/h2-9,11,23H,10H2,1H3. The first-order valence-corrected chi connectivity index (χ1v) is 9.54. The number of hydrogen-bond acceptors (Lipinski definition) is 4. The van der Waals surface area contributed by atoms with E-state index in [1.807, 2.05) is 0 Å². The normalized spacial score (nSPS) is 11.5. The van der Waals surface area contributed by atoms with E-state index in [2.05, 4.69) is 14.7 Å². The van der Waals surface area contributed by atoms with Crippen LogP contribution >= 0.6 is 11.6 Å². The second kappa shape index (κ2) is 7.49. The van der Waals surface area contributed by atoms with Gasteiger partial charge < -0.3 is 0 Å². The van der Waals surface area contributed by atoms with E-state index >= 15 is 0 Å². The number of rotatable bonds is 5. The van der Waals surface area contributed by atoms with E-state index in [9.17, 15) is 12.8 Å². The molecule has 3 aromatic rings. The van der Waals surface area contributed by atoms with Crippen LogP contribution in [-0.4, -0.2) is 18.4 Å². The molecule has 0 spiro atoms. The number of benzene rings is 2. The first-order valence-electron chi connectivity index (χ1n) is 7.68. The fourth-order valence-electron chi connectivity index (χ4n) is 2.40. The molecular weight excluding hydrogens is 377 g/mol. The van der Waals surface area contributed by atoms with Gasteiger partial charge in [-0.05, 0) is 55.0 Å². The quantitative estimate of drug-likeness (QED) is 0.719. The second-order valence-corrected chi connectivity index (χ2v) is 7.73. The Balaban J connectivity index is 1.80. The Hall–Kier alpha value is -2.35. The molecule has 0 amide bonds. The zero-order valence-electron chi connectivity index (χ0n) is 13.8. The SMILES string of the molecule is Cc1c(Cl)cccc1S(=O)(=O)NCc1cc(-c2ccc(F)cc2)ncn1. The van der Waals surface area contributed by atoms with Gasteiger partial charge in [-0.15, -0.1) is 0 Å². The van der Waals surface area contributed by atoms with Crippen molar-refractivity contribution < 1.29 is 12.8 Å². The summed E-state index contributed by atoms with van der Waals surface area (Å²) in [5.74, 6) is -0.340. The Bertz CT molecular complexity index is 1040. The maximum Gasteiger partial charge on any atom is 0.241 e. The summed E-state index contributed by atoms with van der Waals surface area (Å²) in [6.07, 6.45) is 1.34. The number of halogens is 2. The van der Waals surface area contributed by atoms with Crippen LogP contribution in [-0.2, 0) is 16.6 Å². The summed E-state index contributed by atoms with van der Waals surface area (Å²) in [5, 5.41) is 0.383. The summed E-state index contributed by atoms with van der Waals surface area (Å²) in [4.78, 5) is 8.34. The molecule has 0 unspecified atom stereocenters. The van der Waals surface area contributed by atoms with Gasteiger partial charge in [0.2, 0.25) is 10.0 Å². The smallest absolute Gasteiger partial charge is 0.240 e. The van der Waals surface area contributed by atoms with Crippen LogP contribution < -0.4 is 4.72 Å². The van der Waals surface area contributed by atoms with Crippen LogP contribution in [0.4, 0.5) is 4.39 Å². The molecule has 0 bridgehead atoms. The minimum Gasteiger partial charge on any atom is -0.240 e. The highest BCUT2D eigenvalue weighted by Crippen LogP contribution is 2.23. The zero-order valence-corrected chi connectivity index (χ0v) is 15.4. The number of aromatic nitrogens is 2. The summed E-state index contributed by atoms with van der Waals surface area (Å²) < 4.78 is 40.6. The minimum atomic E-state index is -3.74. The van der Waals surface area contributed by atoms with Crippen LogP contribution in [0.1, 0.15) is 11.3 Å². The Labute approximate surface area is 155 Å². The topological polar surface area (TPSA) is 72.0 Å². The molecule has 0 saturated carbocycles. The molecule has 2 aromatic carbocycles. The average Bonchev–Trinajstić information content (AvgIpc) is 2.63. The van der Waals surface area contributed by atoms with Gasteiger partial charge in [0, 0.05) is 10.6 Å². The summed E-state index contributed by atoms with van der Waals surface area (Å²) in [6.45, 7) is 1.64. The molecule has 0 fully saturated rings. The van der Waals surface area contributed by atoms with E-state index in [-0.39, 0.29) is 17.3 Å². The fraction of sp³-hybridized carbons (Fsp3) is 0.111. The van der Waals surface area contributed by atoms with Gasteiger partial charge >= 0.3 is 0 Å². The van der Waals surface area contributed by atoms with Gasteiger partial charge in [0.25, 0.3) is 0 Å². The molecule has 1 heterocycles. The molecule has 0 atom stereocenters. The van der Waals surface area contributed by atoms with Crippen LogP contribution in [0, 0.1) is 12.7 Å². The highest BCUT2D eigenvalue weighted by molar-refractivity contribution is 7.89. The highest BCUT2D eigenvalue weighted by Gasteiger charge is 2.18. The van der Waals surface area contributed by atoms with Gasteiger partial charge in [-0.25, -0.2) is 27.5 Å². The lowest BCUT2D eigenvalue weighted by Gasteiger charge is -2.10. The van der Waals surface area contributed by atoms with Crippen molar-refractivity contribution in [2.24, 2.45) is 0 Å². The number of hydrogen-bond donors (Lipinski definition) is 1. The Kier molecular flexibility index (Phi) is 5.31. The fourth-order valence-corrected chi connectivity index (χ4v) is 3.89. The average molecular weight is 392 g/mol. The maximum absolute atomic E-state index is 13.0. The maximum atomic E-state index is 13.0. The van der Waals surface area contributed by atoms with E-state index in [1.165, 1.54) is 24.5 Å². The molecule has 26 heavy (non-hydrogen) atoms. The van der Waals surface area contributed by atoms with Crippen LogP contribution in [0.5, 0.6) is 0 Å². The summed E-state index contributed by atoms with van der Waals surface area (Å²) >= 11 is 6.00. The predicted octanol–water partition coefficient (Wildman–Crippen LogP) is 3.72. The van der Waals surface area contributed by atoms with Crippen molar-refractivity contribution >= 4 is 21.6 Å². The molecule has 3 rings (SSSR count). The number of nitrogens with zero attached hydrogens (tertiary/aromatic N) is 2. The lowest BCUT2D eigenvalue weighted by atomic mass is 10.1. The van der Waals surface area contributed by atoms with Crippen molar-refractivity contribution in [3.05, 3.63) is 77.0 Å². The van der Waals surface area contributed by atoms with Crippen LogP contribution in [0.3, 0.4) is 0 Å². The van der Waals surface area contributed by atoms with Gasteiger partial charge in [-0.2, -0.15) is 0 Å². The molecular formula is C18H15ClFN3O2S. The molecule has 0 aliphatic carbocycles. The molecule has 0 aliphatic heterocycles. The van der Waals surface area contributed by atoms with Gasteiger partial charge in [0.05, 0.1) is 22.8 Å². The van der Waals surface area contributed by atoms with Crippen molar-refractivity contribution in [3.63, 3.8) is 0 Å². The van der Waals surface area contributed by atoms with Crippen LogP contribution in [0.25, 0.3) is 11.3 Å². The van der Waals surface area contributed by atoms with Gasteiger partial charge in [-0.1, -0.05) is 17.7 Å². The number of sulfonamides is 1. The lowest BCUT2D eigenvalue weighted by molar-refractivity contribution is 0.579. The van der Waals surface area contributed by atoms with Crippen LogP contribution in [0.15, 0.2) is 59.8 Å². The summed E-state index contributed by atoms with van der Waals surface area (Å²) in [6, 6.07) is 12.2. The molecule has 134 valence electrons. The van der Waals surface area contributed by atoms with Crippen molar-refractivity contribution in [2.75, 3.05) is 0 Å². The molecule has 8 heteroatoms. The van der Waals surface area contributed by atoms with Crippen molar-refractivity contribution in [1.82, 2.24) is 14.7 Å². The van der Waals surface area contributed by atoms with Gasteiger partial charge in [0.1, 0.15) is 12.1 Å². The third-order valence-corrected chi connectivity index (χ3v) is 5.77. The predicted molar refractivity (Wildman–Crippen MR) is 97.6 cm³/mol. The van der Waals surface area contributed by atoms with E-state index in [1.54, 1.807) is 37.3 Å². The molecule has 1 aromatic heterocycles.